The van der Waals surface area contributed by atoms with Crippen LogP contribution in [0.15, 0.2) is 24.3 Å². The monoisotopic (exact) mass is 289 g/mol. The topological polar surface area (TPSA) is 35.2 Å². The molecule has 3 heteroatoms. The van der Waals surface area contributed by atoms with E-state index in [9.17, 15) is 0 Å². The Balaban J connectivity index is 1.89. The summed E-state index contributed by atoms with van der Waals surface area (Å²) in [4.78, 5) is 0.410. The van der Waals surface area contributed by atoms with Gasteiger partial charge >= 0.3 is 0 Å². The van der Waals surface area contributed by atoms with E-state index in [4.69, 9.17) is 22.7 Å². The Morgan fingerprint density at radius 1 is 1.30 bits per heavy atom. The second-order valence-electron chi connectivity index (χ2n) is 7.08. The van der Waals surface area contributed by atoms with E-state index in [0.717, 1.165) is 23.7 Å². The van der Waals surface area contributed by atoms with Crippen molar-refractivity contribution in [2.75, 3.05) is 0 Å². The first kappa shape index (κ1) is 13.9. The van der Waals surface area contributed by atoms with Gasteiger partial charge in [0.2, 0.25) is 0 Å². The molecule has 0 saturated heterocycles. The van der Waals surface area contributed by atoms with Gasteiger partial charge in [-0.25, -0.2) is 0 Å². The van der Waals surface area contributed by atoms with Gasteiger partial charge in [0.05, 0.1) is 5.56 Å². The van der Waals surface area contributed by atoms with Crippen LogP contribution in [-0.4, -0.2) is 11.1 Å². The molecule has 0 heterocycles. The van der Waals surface area contributed by atoms with Gasteiger partial charge in [0.1, 0.15) is 16.8 Å². The van der Waals surface area contributed by atoms with Gasteiger partial charge in [0.25, 0.3) is 0 Å². The molecule has 1 aromatic carbocycles. The van der Waals surface area contributed by atoms with Crippen LogP contribution < -0.4 is 10.5 Å². The van der Waals surface area contributed by atoms with E-state index in [-0.39, 0.29) is 11.5 Å². The fraction of sp³-hybridized carbons (Fsp3) is 0.588. The number of rotatable bonds is 3. The minimum Gasteiger partial charge on any atom is -0.489 e. The lowest BCUT2D eigenvalue weighted by Crippen LogP contribution is -2.39. The maximum absolute atomic E-state index is 6.37. The third kappa shape index (κ3) is 1.79. The van der Waals surface area contributed by atoms with Gasteiger partial charge in [0.15, 0.2) is 0 Å². The Bertz CT molecular complexity index is 554. The molecule has 2 nitrogen and oxygen atoms in total. The summed E-state index contributed by atoms with van der Waals surface area (Å²) in [6.07, 6.45) is 4.01. The van der Waals surface area contributed by atoms with Gasteiger partial charge in [-0.1, -0.05) is 45.1 Å². The van der Waals surface area contributed by atoms with Crippen LogP contribution in [0.3, 0.4) is 0 Å². The molecular formula is C17H23NOS. The number of nitrogens with two attached hydrogens (primary N) is 1. The van der Waals surface area contributed by atoms with Crippen molar-refractivity contribution >= 4 is 17.2 Å². The number of thiocarbonyl (C=S) groups is 1. The highest BCUT2D eigenvalue weighted by molar-refractivity contribution is 7.80. The van der Waals surface area contributed by atoms with Crippen LogP contribution in [0.4, 0.5) is 0 Å². The first-order chi connectivity index (χ1) is 9.36. The lowest BCUT2D eigenvalue weighted by Gasteiger charge is -2.39. The Morgan fingerprint density at radius 3 is 2.55 bits per heavy atom. The minimum absolute atomic E-state index is 0.251. The van der Waals surface area contributed by atoms with Crippen molar-refractivity contribution < 1.29 is 4.74 Å². The standard InChI is InChI=1S/C17H23NOS/c1-16(2)11-8-9-17(16,3)14(10-11)19-13-7-5-4-6-12(13)15(18)20/h4-7,11,14H,8-10H2,1-3H3,(H2,18,20). The second-order valence-corrected chi connectivity index (χ2v) is 7.52. The highest BCUT2D eigenvalue weighted by Crippen LogP contribution is 2.66. The molecule has 3 atom stereocenters. The molecule has 0 spiro atoms. The number of ether oxygens (including phenoxy) is 1. The third-order valence-corrected chi connectivity index (χ3v) is 6.36. The lowest BCUT2D eigenvalue weighted by molar-refractivity contribution is 0.0301. The average Bonchev–Trinajstić information content (AvgIpc) is 2.72. The predicted molar refractivity (Wildman–Crippen MR) is 86.0 cm³/mol. The second kappa shape index (κ2) is 4.45. The van der Waals surface area contributed by atoms with Crippen LogP contribution in [0, 0.1) is 16.7 Å². The molecular weight excluding hydrogens is 266 g/mol. The van der Waals surface area contributed by atoms with Crippen molar-refractivity contribution in [3.63, 3.8) is 0 Å². The number of fused-ring (bicyclic) bond motifs is 2. The van der Waals surface area contributed by atoms with Gasteiger partial charge in [-0.3, -0.25) is 0 Å². The van der Waals surface area contributed by atoms with Crippen LogP contribution in [0.2, 0.25) is 0 Å². The first-order valence-corrected chi connectivity index (χ1v) is 7.82. The van der Waals surface area contributed by atoms with E-state index < -0.39 is 0 Å². The van der Waals surface area contributed by atoms with E-state index in [0.29, 0.717) is 10.4 Å². The molecule has 0 radical (unpaired) electrons. The van der Waals surface area contributed by atoms with E-state index in [1.165, 1.54) is 12.8 Å². The number of hydrogen-bond acceptors (Lipinski definition) is 2. The molecule has 2 N–H and O–H groups in total. The summed E-state index contributed by atoms with van der Waals surface area (Å²) in [6.45, 7) is 7.18. The molecule has 2 bridgehead atoms. The SMILES string of the molecule is CC1(C)C2CCC1(C)C(Oc1ccccc1C(N)=S)C2. The zero-order chi connectivity index (χ0) is 14.5. The normalized spacial score (nSPS) is 34.1. The lowest BCUT2D eigenvalue weighted by atomic mass is 9.70. The maximum Gasteiger partial charge on any atom is 0.129 e. The Kier molecular flexibility index (Phi) is 3.09. The Morgan fingerprint density at radius 2 is 2.00 bits per heavy atom. The molecule has 3 unspecified atom stereocenters. The first-order valence-electron chi connectivity index (χ1n) is 7.42. The van der Waals surface area contributed by atoms with Crippen molar-refractivity contribution in [2.24, 2.45) is 22.5 Å². The smallest absolute Gasteiger partial charge is 0.129 e. The van der Waals surface area contributed by atoms with E-state index in [1.807, 2.05) is 24.3 Å². The van der Waals surface area contributed by atoms with Gasteiger partial charge in [-0.2, -0.15) is 0 Å². The quantitative estimate of drug-likeness (QED) is 0.857. The van der Waals surface area contributed by atoms with Crippen molar-refractivity contribution in [1.82, 2.24) is 0 Å². The number of hydrogen-bond donors (Lipinski definition) is 1. The summed E-state index contributed by atoms with van der Waals surface area (Å²) >= 11 is 5.13. The molecule has 0 aliphatic heterocycles. The van der Waals surface area contributed by atoms with E-state index in [2.05, 4.69) is 20.8 Å². The summed E-state index contributed by atoms with van der Waals surface area (Å²) in [7, 11) is 0. The zero-order valence-electron chi connectivity index (χ0n) is 12.5. The molecule has 2 fully saturated rings. The fourth-order valence-corrected chi connectivity index (χ4v) is 4.40. The van der Waals surface area contributed by atoms with Crippen molar-refractivity contribution in [2.45, 2.75) is 46.1 Å². The summed E-state index contributed by atoms with van der Waals surface area (Å²) in [5.41, 5.74) is 7.26. The minimum atomic E-state index is 0.251. The number of para-hydroxylation sites is 1. The highest BCUT2D eigenvalue weighted by atomic mass is 32.1. The molecule has 0 amide bonds. The molecule has 0 aromatic heterocycles. The maximum atomic E-state index is 6.37. The van der Waals surface area contributed by atoms with Crippen LogP contribution in [0.1, 0.15) is 45.6 Å². The van der Waals surface area contributed by atoms with E-state index in [1.54, 1.807) is 0 Å². The molecule has 108 valence electrons. The fourth-order valence-electron chi connectivity index (χ4n) is 4.23. The van der Waals surface area contributed by atoms with Crippen LogP contribution >= 0.6 is 12.2 Å². The molecule has 2 aliphatic carbocycles. The van der Waals surface area contributed by atoms with Gasteiger partial charge < -0.3 is 10.5 Å². The Labute approximate surface area is 126 Å². The van der Waals surface area contributed by atoms with Crippen molar-refractivity contribution in [1.29, 1.82) is 0 Å². The molecule has 2 aliphatic rings. The molecule has 3 rings (SSSR count). The molecule has 1 aromatic rings. The summed E-state index contributed by atoms with van der Waals surface area (Å²) < 4.78 is 6.37. The summed E-state index contributed by atoms with van der Waals surface area (Å²) in [6, 6.07) is 7.86. The summed E-state index contributed by atoms with van der Waals surface area (Å²) in [5.74, 6) is 1.61. The predicted octanol–water partition coefficient (Wildman–Crippen LogP) is 3.91. The molecule has 2 saturated carbocycles. The van der Waals surface area contributed by atoms with Crippen molar-refractivity contribution in [3.05, 3.63) is 29.8 Å². The van der Waals surface area contributed by atoms with Gasteiger partial charge in [-0.15, -0.1) is 0 Å². The summed E-state index contributed by atoms with van der Waals surface area (Å²) in [5, 5.41) is 0. The van der Waals surface area contributed by atoms with Crippen LogP contribution in [0.5, 0.6) is 5.75 Å². The van der Waals surface area contributed by atoms with Crippen LogP contribution in [0.25, 0.3) is 0 Å². The number of benzene rings is 1. The third-order valence-electron chi connectivity index (χ3n) is 6.14. The molecule has 20 heavy (non-hydrogen) atoms. The zero-order valence-corrected chi connectivity index (χ0v) is 13.3. The van der Waals surface area contributed by atoms with Gasteiger partial charge in [-0.05, 0) is 42.7 Å². The highest BCUT2D eigenvalue weighted by Gasteiger charge is 2.62. The van der Waals surface area contributed by atoms with Crippen molar-refractivity contribution in [3.8, 4) is 5.75 Å². The van der Waals surface area contributed by atoms with E-state index >= 15 is 0 Å². The van der Waals surface area contributed by atoms with Crippen LogP contribution in [-0.2, 0) is 0 Å². The largest absolute Gasteiger partial charge is 0.489 e. The Hall–Kier alpha value is -1.09. The van der Waals surface area contributed by atoms with Gasteiger partial charge in [0, 0.05) is 5.41 Å². The average molecular weight is 289 g/mol.